The highest BCUT2D eigenvalue weighted by Crippen LogP contribution is 2.34. The smallest absolute Gasteiger partial charge is 0.279 e. The number of hydrogen-bond acceptors (Lipinski definition) is 5. The average Bonchev–Trinajstić information content (AvgIpc) is 3.18. The molecule has 1 aliphatic rings. The lowest BCUT2D eigenvalue weighted by atomic mass is 9.97. The number of fused-ring (bicyclic) bond motifs is 3. The zero-order valence-corrected chi connectivity index (χ0v) is 18.5. The van der Waals surface area contributed by atoms with Crippen molar-refractivity contribution in [1.82, 2.24) is 9.13 Å². The van der Waals surface area contributed by atoms with Crippen molar-refractivity contribution in [2.75, 3.05) is 0 Å². The molecule has 0 spiro atoms. The Bertz CT molecular complexity index is 1480. The van der Waals surface area contributed by atoms with Crippen LogP contribution in [0.4, 0.5) is 5.69 Å². The second-order valence-corrected chi connectivity index (χ2v) is 9.32. The standard InChI is InChI=1S/C23H18ClN3O4S/c24-15-8-10-16(11-9-15)26-21(28)20-18-6-1-2-7-19(18)32-22(20)25(23(26)29)13-14-4-3-5-17(12-14)27(30)31/h3-5,8-12H,1-2,6-7,13H2. The Hall–Kier alpha value is -3.23. The molecule has 1 aliphatic carbocycles. The molecule has 0 amide bonds. The first-order valence-electron chi connectivity index (χ1n) is 10.2. The predicted molar refractivity (Wildman–Crippen MR) is 126 cm³/mol. The fraction of sp³-hybridized carbons (Fsp3) is 0.217. The molecular weight excluding hydrogens is 450 g/mol. The van der Waals surface area contributed by atoms with Crippen LogP contribution in [-0.4, -0.2) is 14.1 Å². The van der Waals surface area contributed by atoms with Gasteiger partial charge in [0.2, 0.25) is 0 Å². The maximum atomic E-state index is 13.6. The van der Waals surface area contributed by atoms with E-state index in [1.165, 1.54) is 28.0 Å². The highest BCUT2D eigenvalue weighted by molar-refractivity contribution is 7.18. The van der Waals surface area contributed by atoms with Crippen LogP contribution in [0.5, 0.6) is 0 Å². The summed E-state index contributed by atoms with van der Waals surface area (Å²) >= 11 is 7.49. The number of halogens is 1. The molecule has 0 aliphatic heterocycles. The van der Waals surface area contributed by atoms with Crippen LogP contribution in [0, 0.1) is 10.1 Å². The van der Waals surface area contributed by atoms with Crippen molar-refractivity contribution in [1.29, 1.82) is 0 Å². The minimum Gasteiger partial charge on any atom is -0.279 e. The Labute approximate surface area is 191 Å². The molecular formula is C23H18ClN3O4S. The largest absolute Gasteiger partial charge is 0.337 e. The zero-order valence-electron chi connectivity index (χ0n) is 16.9. The predicted octanol–water partition coefficient (Wildman–Crippen LogP) is 4.70. The van der Waals surface area contributed by atoms with Gasteiger partial charge in [0.05, 0.1) is 22.5 Å². The topological polar surface area (TPSA) is 87.1 Å². The van der Waals surface area contributed by atoms with Crippen LogP contribution >= 0.6 is 22.9 Å². The summed E-state index contributed by atoms with van der Waals surface area (Å²) in [7, 11) is 0. The number of aromatic nitrogens is 2. The van der Waals surface area contributed by atoms with Crippen molar-refractivity contribution in [3.05, 3.63) is 101 Å². The monoisotopic (exact) mass is 467 g/mol. The maximum Gasteiger partial charge on any atom is 0.337 e. The van der Waals surface area contributed by atoms with Crippen LogP contribution in [0.15, 0.2) is 58.1 Å². The first kappa shape index (κ1) is 20.7. The van der Waals surface area contributed by atoms with Gasteiger partial charge in [0, 0.05) is 22.0 Å². The summed E-state index contributed by atoms with van der Waals surface area (Å²) in [6.45, 7) is 0.129. The Balaban J connectivity index is 1.79. The highest BCUT2D eigenvalue weighted by atomic mass is 35.5. The van der Waals surface area contributed by atoms with E-state index in [1.54, 1.807) is 41.0 Å². The molecule has 7 nitrogen and oxygen atoms in total. The van der Waals surface area contributed by atoms with Crippen molar-refractivity contribution < 1.29 is 4.92 Å². The van der Waals surface area contributed by atoms with Crippen LogP contribution in [0.1, 0.15) is 28.8 Å². The summed E-state index contributed by atoms with van der Waals surface area (Å²) in [6.07, 6.45) is 3.75. The number of aryl methyl sites for hydroxylation is 2. The number of thiophene rings is 1. The van der Waals surface area contributed by atoms with Crippen LogP contribution in [0.25, 0.3) is 15.9 Å². The third-order valence-electron chi connectivity index (χ3n) is 5.78. The molecule has 0 radical (unpaired) electrons. The summed E-state index contributed by atoms with van der Waals surface area (Å²) in [6, 6.07) is 12.8. The molecule has 32 heavy (non-hydrogen) atoms. The van der Waals surface area contributed by atoms with Crippen LogP contribution < -0.4 is 11.2 Å². The number of nitro groups is 1. The van der Waals surface area contributed by atoms with Gasteiger partial charge in [0.1, 0.15) is 4.83 Å². The van der Waals surface area contributed by atoms with Gasteiger partial charge in [0.25, 0.3) is 11.2 Å². The van der Waals surface area contributed by atoms with Gasteiger partial charge < -0.3 is 0 Å². The second kappa shape index (κ2) is 8.03. The summed E-state index contributed by atoms with van der Waals surface area (Å²) in [5.74, 6) is 0. The minimum atomic E-state index is -0.477. The number of hydrogen-bond donors (Lipinski definition) is 0. The van der Waals surface area contributed by atoms with E-state index in [0.29, 0.717) is 26.5 Å². The molecule has 2 aromatic heterocycles. The molecule has 0 N–H and O–H groups in total. The van der Waals surface area contributed by atoms with Crippen molar-refractivity contribution in [2.24, 2.45) is 0 Å². The van der Waals surface area contributed by atoms with Gasteiger partial charge in [-0.2, -0.15) is 0 Å². The number of nitro benzene ring substituents is 1. The highest BCUT2D eigenvalue weighted by Gasteiger charge is 2.24. The summed E-state index contributed by atoms with van der Waals surface area (Å²) in [5, 5.41) is 12.3. The van der Waals surface area contributed by atoms with E-state index in [2.05, 4.69) is 0 Å². The third kappa shape index (κ3) is 3.45. The number of rotatable bonds is 4. The summed E-state index contributed by atoms with van der Waals surface area (Å²) < 4.78 is 2.74. The molecule has 162 valence electrons. The third-order valence-corrected chi connectivity index (χ3v) is 7.35. The fourth-order valence-electron chi connectivity index (χ4n) is 4.28. The molecule has 0 unspecified atom stereocenters. The molecule has 9 heteroatoms. The molecule has 0 saturated heterocycles. The summed E-state index contributed by atoms with van der Waals surface area (Å²) in [4.78, 5) is 39.7. The zero-order chi connectivity index (χ0) is 22.4. The van der Waals surface area contributed by atoms with E-state index in [9.17, 15) is 19.7 Å². The molecule has 0 bridgehead atoms. The van der Waals surface area contributed by atoms with Gasteiger partial charge in [-0.15, -0.1) is 11.3 Å². The number of benzene rings is 2. The Morgan fingerprint density at radius 2 is 1.81 bits per heavy atom. The molecule has 4 aromatic rings. The van der Waals surface area contributed by atoms with Gasteiger partial charge >= 0.3 is 5.69 Å². The van der Waals surface area contributed by atoms with E-state index in [1.807, 2.05) is 0 Å². The van der Waals surface area contributed by atoms with Crippen molar-refractivity contribution in [3.8, 4) is 5.69 Å². The van der Waals surface area contributed by atoms with Gasteiger partial charge in [-0.1, -0.05) is 23.7 Å². The van der Waals surface area contributed by atoms with E-state index < -0.39 is 10.6 Å². The fourth-order valence-corrected chi connectivity index (χ4v) is 5.78. The minimum absolute atomic E-state index is 0.0386. The molecule has 0 fully saturated rings. The van der Waals surface area contributed by atoms with Crippen molar-refractivity contribution in [2.45, 2.75) is 32.2 Å². The van der Waals surface area contributed by atoms with E-state index in [4.69, 9.17) is 11.6 Å². The molecule has 0 saturated carbocycles. The quantitative estimate of drug-likeness (QED) is 0.321. The van der Waals surface area contributed by atoms with Gasteiger partial charge in [-0.25, -0.2) is 9.36 Å². The molecule has 2 heterocycles. The Kier molecular flexibility index (Phi) is 5.19. The van der Waals surface area contributed by atoms with Crippen molar-refractivity contribution in [3.63, 3.8) is 0 Å². The maximum absolute atomic E-state index is 13.6. The second-order valence-electron chi connectivity index (χ2n) is 7.80. The lowest BCUT2D eigenvalue weighted by molar-refractivity contribution is -0.384. The first-order chi connectivity index (χ1) is 15.4. The van der Waals surface area contributed by atoms with Crippen LogP contribution in [0.3, 0.4) is 0 Å². The van der Waals surface area contributed by atoms with E-state index >= 15 is 0 Å². The van der Waals surface area contributed by atoms with Crippen molar-refractivity contribution >= 4 is 38.8 Å². The lowest BCUT2D eigenvalue weighted by Crippen LogP contribution is -2.39. The Morgan fingerprint density at radius 3 is 2.56 bits per heavy atom. The van der Waals surface area contributed by atoms with Gasteiger partial charge in [-0.05, 0) is 61.1 Å². The van der Waals surface area contributed by atoms with E-state index in [0.717, 1.165) is 36.1 Å². The lowest BCUT2D eigenvalue weighted by Gasteiger charge is -2.13. The van der Waals surface area contributed by atoms with E-state index in [-0.39, 0.29) is 17.8 Å². The number of nitrogens with zero attached hydrogens (tertiary/aromatic N) is 3. The van der Waals surface area contributed by atoms with Crippen LogP contribution in [0.2, 0.25) is 5.02 Å². The Morgan fingerprint density at radius 1 is 1.06 bits per heavy atom. The van der Waals surface area contributed by atoms with Gasteiger partial charge in [0.15, 0.2) is 0 Å². The van der Waals surface area contributed by atoms with Crippen LogP contribution in [-0.2, 0) is 19.4 Å². The summed E-state index contributed by atoms with van der Waals surface area (Å²) in [5.41, 5.74) is 1.24. The number of non-ortho nitro benzene ring substituents is 1. The van der Waals surface area contributed by atoms with Gasteiger partial charge in [-0.3, -0.25) is 19.5 Å². The molecule has 0 atom stereocenters. The molecule has 2 aromatic carbocycles. The normalized spacial score (nSPS) is 13.3. The SMILES string of the molecule is O=c1c2c3c(sc2n(Cc2cccc([N+](=O)[O-])c2)c(=O)n1-c1ccc(Cl)cc1)CCCC3. The first-order valence-corrected chi connectivity index (χ1v) is 11.4. The molecule has 5 rings (SSSR count). The average molecular weight is 468 g/mol.